The fourth-order valence-electron chi connectivity index (χ4n) is 5.76. The number of H-pyrrole nitrogens is 1. The van der Waals surface area contributed by atoms with Crippen LogP contribution in [0.1, 0.15) is 101 Å². The van der Waals surface area contributed by atoms with E-state index in [-0.39, 0.29) is 174 Å². The Morgan fingerprint density at radius 3 is 1.28 bits per heavy atom. The Morgan fingerprint density at radius 1 is 0.641 bits per heavy atom. The molecular weight excluding hydrogens is 1230 g/mol. The molecule has 3 aromatic heterocycles. The average Bonchev–Trinajstić information content (AvgIpc) is 3.83. The molecule has 0 saturated carbocycles. The summed E-state index contributed by atoms with van der Waals surface area (Å²) in [6, 6.07) is 9.65. The molecule has 3 saturated heterocycles. The number of esters is 3. The minimum absolute atomic E-state index is 0. The van der Waals surface area contributed by atoms with Gasteiger partial charge in [0.2, 0.25) is 0 Å². The molecule has 0 atom stereocenters. The van der Waals surface area contributed by atoms with E-state index in [1.54, 1.807) is 12.1 Å². The Labute approximate surface area is 561 Å². The van der Waals surface area contributed by atoms with Crippen molar-refractivity contribution in [3.8, 4) is 18.2 Å². The molecule has 32 heteroatoms. The number of nitrogens with one attached hydrogen (secondary N) is 1. The van der Waals surface area contributed by atoms with E-state index < -0.39 is 61.4 Å². The van der Waals surface area contributed by atoms with E-state index in [0.29, 0.717) is 14.4 Å². The van der Waals surface area contributed by atoms with Gasteiger partial charge in [0.1, 0.15) is 53.9 Å². The molecule has 3 aliphatic heterocycles. The molecule has 0 aliphatic carbocycles. The molecule has 0 bridgehead atoms. The zero-order valence-electron chi connectivity index (χ0n) is 47.6. The third kappa shape index (κ3) is 22.8. The summed E-state index contributed by atoms with van der Waals surface area (Å²) in [5.41, 5.74) is -3.44. The zero-order valence-corrected chi connectivity index (χ0v) is 56.8. The predicted molar refractivity (Wildman–Crippen MR) is 281 cm³/mol. The van der Waals surface area contributed by atoms with Crippen LogP contribution in [0.2, 0.25) is 0 Å². The normalized spacial score (nSPS) is 16.6. The van der Waals surface area contributed by atoms with Gasteiger partial charge in [-0.2, -0.15) is 15.8 Å². The molecule has 6 heterocycles. The Kier molecular flexibility index (Phi) is 34.2. The van der Waals surface area contributed by atoms with Crippen molar-refractivity contribution >= 4 is 94.4 Å². The fourth-order valence-corrected chi connectivity index (χ4v) is 6.69. The van der Waals surface area contributed by atoms with Gasteiger partial charge in [-0.1, -0.05) is 0 Å². The number of nitrogens with zero attached hydrogens (tertiary/aromatic N) is 5. The summed E-state index contributed by atoms with van der Waals surface area (Å²) >= 11 is 11.2. The molecule has 0 radical (unpaired) electrons. The van der Waals surface area contributed by atoms with Crippen molar-refractivity contribution in [1.29, 1.82) is 15.8 Å². The quantitative estimate of drug-likeness (QED) is 0.0448. The maximum Gasteiger partial charge on any atom is 1.00 e. The molecule has 3 fully saturated rings. The van der Waals surface area contributed by atoms with Gasteiger partial charge in [0.15, 0.2) is 0 Å². The van der Waals surface area contributed by atoms with Crippen LogP contribution in [0.25, 0.3) is 0 Å². The van der Waals surface area contributed by atoms with Gasteiger partial charge < -0.3 is 67.8 Å². The topological polar surface area (TPSA) is 332 Å². The number of ether oxygens (including phenoxy) is 3. The minimum atomic E-state index is -0.725. The van der Waals surface area contributed by atoms with E-state index in [1.165, 1.54) is 58.1 Å². The second-order valence-corrected chi connectivity index (χ2v) is 21.0. The number of methoxy groups -OCH3 is 3. The van der Waals surface area contributed by atoms with E-state index in [4.69, 9.17) is 65.4 Å². The Morgan fingerprint density at radius 2 is 0.974 bits per heavy atom. The van der Waals surface area contributed by atoms with Crippen LogP contribution in [-0.4, -0.2) is 120 Å². The van der Waals surface area contributed by atoms with Gasteiger partial charge in [0.25, 0.3) is 23.2 Å². The zero-order chi connectivity index (χ0) is 58.8. The average molecular weight is 1290 g/mol. The number of pyridine rings is 3. The van der Waals surface area contributed by atoms with Crippen LogP contribution in [0.15, 0.2) is 60.1 Å². The number of nitriles is 3. The molecule has 1 N–H and O–H groups in total. The largest absolute Gasteiger partial charge is 1.00 e. The Balaban J connectivity index is -0.000000933. The number of hydrogen-bond acceptors (Lipinski definition) is 21. The van der Waals surface area contributed by atoms with Crippen molar-refractivity contribution in [3.05, 3.63) is 93.5 Å². The van der Waals surface area contributed by atoms with Crippen molar-refractivity contribution in [1.82, 2.24) is 14.1 Å². The van der Waals surface area contributed by atoms with Crippen LogP contribution in [0, 0.1) is 34.0 Å². The van der Waals surface area contributed by atoms with Crippen LogP contribution >= 0.6 is 43.5 Å². The maximum atomic E-state index is 12.1. The second kappa shape index (κ2) is 34.3. The first-order valence-corrected chi connectivity index (χ1v) is 24.4. The summed E-state index contributed by atoms with van der Waals surface area (Å²) in [4.78, 5) is 80.2. The number of aromatic amines is 1. The van der Waals surface area contributed by atoms with Gasteiger partial charge in [-0.3, -0.25) is 33.6 Å². The van der Waals surface area contributed by atoms with E-state index in [9.17, 15) is 28.8 Å². The SMILES string of the molecule is CC1(C)OB(B2OC(C)(C)C(C)(C)O2)OC1(C)C.COC(=O)CCl.COC(=O)Cn1cc(B2OC(C)(C)C(C)(C)O2)cc(C#N)c1=O.COC(=O)Cn1cc(Br)cc(C#N)c1=O.N#Cc1cc(Br)c[nH]c1=O.O=CO[O-].[H-].[K+].[K+]. The third-order valence-corrected chi connectivity index (χ3v) is 13.2. The predicted octanol–water partition coefficient (Wildman–Crippen LogP) is -2.94. The number of halogens is 3. The van der Waals surface area contributed by atoms with Crippen LogP contribution < -0.4 is 130 Å². The summed E-state index contributed by atoms with van der Waals surface area (Å²) < 4.78 is 52.3. The van der Waals surface area contributed by atoms with Crippen LogP contribution in [0.4, 0.5) is 0 Å². The van der Waals surface area contributed by atoms with Crippen molar-refractivity contribution in [2.75, 3.05) is 27.2 Å². The molecule has 0 aromatic carbocycles. The summed E-state index contributed by atoms with van der Waals surface area (Å²) in [6.45, 7) is 23.2. The number of aromatic nitrogens is 3. The van der Waals surface area contributed by atoms with Gasteiger partial charge in [-0.05, 0) is 133 Å². The first-order valence-electron chi connectivity index (χ1n) is 22.3. The number of carbonyl (C=O) groups excluding carboxylic acids is 4. The van der Waals surface area contributed by atoms with Gasteiger partial charge in [0, 0.05) is 33.0 Å². The molecule has 0 unspecified atom stereocenters. The molecule has 6 rings (SSSR count). The van der Waals surface area contributed by atoms with Crippen molar-refractivity contribution in [3.63, 3.8) is 0 Å². The van der Waals surface area contributed by atoms with E-state index in [2.05, 4.69) is 55.9 Å². The van der Waals surface area contributed by atoms with Gasteiger partial charge in [0.05, 0.1) is 54.9 Å². The molecule has 414 valence electrons. The maximum absolute atomic E-state index is 12.1. The Hall–Kier alpha value is -2.36. The van der Waals surface area contributed by atoms with Crippen LogP contribution in [-0.2, 0) is 79.3 Å². The molecule has 78 heavy (non-hydrogen) atoms. The smallest absolute Gasteiger partial charge is 1.00 e. The number of carbonyl (C=O) groups is 4. The number of hydrogen-bond donors (Lipinski definition) is 1. The third-order valence-electron chi connectivity index (χ3n) is 12.1. The van der Waals surface area contributed by atoms with E-state index >= 15 is 0 Å². The fraction of sp³-hybridized carbons (Fsp3) is 0.522. The monoisotopic (exact) mass is 1290 g/mol. The minimum Gasteiger partial charge on any atom is -1.00 e. The van der Waals surface area contributed by atoms with E-state index in [0.717, 1.165) is 9.13 Å². The summed E-state index contributed by atoms with van der Waals surface area (Å²) in [5, 5.41) is 34.6. The molecule has 0 amide bonds. The van der Waals surface area contributed by atoms with Crippen molar-refractivity contribution < 1.29 is 176 Å². The summed E-state index contributed by atoms with van der Waals surface area (Å²) in [5.74, 6) is -1.57. The van der Waals surface area contributed by atoms with Crippen LogP contribution in [0.3, 0.4) is 0 Å². The number of alkyl halides is 1. The van der Waals surface area contributed by atoms with Gasteiger partial charge in [-0.25, -0.2) is 0 Å². The summed E-state index contributed by atoms with van der Waals surface area (Å²) in [7, 11) is 2.08. The van der Waals surface area contributed by atoms with Gasteiger partial charge in [-0.15, -0.1) is 11.6 Å². The second-order valence-electron chi connectivity index (χ2n) is 18.9. The van der Waals surface area contributed by atoms with Crippen LogP contribution in [0.5, 0.6) is 0 Å². The standard InChI is InChI=1S/C15H19BN2O5.C12H24B2O4.C9H7BrN2O3.C6H3BrN2O.C3H5ClO2.CH2O3.2K.H/c1-14(2)15(3,4)23-16(22-14)11-6-10(7-17)13(20)18(8-11)9-12(19)21-5;1-9(2)10(3,4)16-13(15-9)14-17-11(5,6)12(7,8)18-14;1-15-8(13)5-12-4-7(10)2-6(3-11)9(12)14;7-5-1-4(2-8)6(10)9-3-5;1-6-3(5)2-4;2-1-4-3;;;/h6,8H,9H2,1-5H3;1-8H3;2,4H,5H2,1H3;1,3H,(H,9,10);2H2,1H3;1,3H;;;/q;;;;;;2*+1;-1/p-1. The van der Waals surface area contributed by atoms with Gasteiger partial charge >= 0.3 is 142 Å². The molecule has 3 aliphatic rings. The molecular formula is C46H60B3Br2ClK2N6O18. The first-order chi connectivity index (χ1) is 35.0. The molecule has 0 spiro atoms. The van der Waals surface area contributed by atoms with E-state index in [1.807, 2.05) is 89.2 Å². The van der Waals surface area contributed by atoms with Crippen molar-refractivity contribution in [2.24, 2.45) is 0 Å². The number of rotatable bonds is 8. The summed E-state index contributed by atoms with van der Waals surface area (Å²) in [6.07, 6.45) is 4.38. The van der Waals surface area contributed by atoms with Crippen molar-refractivity contribution in [2.45, 2.75) is 130 Å². The molecule has 24 nitrogen and oxygen atoms in total. The molecule has 3 aromatic rings. The Bertz CT molecular complexity index is 2770. The first kappa shape index (κ1) is 77.7.